The van der Waals surface area contributed by atoms with Gasteiger partial charge >= 0.3 is 5.97 Å². The standard InChI is InChI=1S/C19H27NO5/c1-24-16-9-6-14(13-17(16)25-2)7-10-18(21)20-12-4-3-5-15(20)8-11-19(22)23/h6,9,13,15H,3-5,7-8,10-12H2,1-2H3,(H,22,23). The van der Waals surface area contributed by atoms with Crippen molar-refractivity contribution in [2.24, 2.45) is 0 Å². The molecule has 1 saturated heterocycles. The molecular weight excluding hydrogens is 322 g/mol. The van der Waals surface area contributed by atoms with E-state index in [0.29, 0.717) is 30.8 Å². The molecule has 1 heterocycles. The molecule has 1 fully saturated rings. The fourth-order valence-corrected chi connectivity index (χ4v) is 3.35. The summed E-state index contributed by atoms with van der Waals surface area (Å²) in [6.07, 6.45) is 4.65. The molecule has 6 nitrogen and oxygen atoms in total. The van der Waals surface area contributed by atoms with Crippen molar-refractivity contribution in [2.45, 2.75) is 51.0 Å². The van der Waals surface area contributed by atoms with E-state index in [1.165, 1.54) is 0 Å². The van der Waals surface area contributed by atoms with E-state index in [1.54, 1.807) is 14.2 Å². The third-order valence-corrected chi connectivity index (χ3v) is 4.71. The first kappa shape index (κ1) is 19.1. The fourth-order valence-electron chi connectivity index (χ4n) is 3.35. The van der Waals surface area contributed by atoms with Gasteiger partial charge in [0.25, 0.3) is 0 Å². The maximum absolute atomic E-state index is 12.6. The molecule has 1 amide bonds. The van der Waals surface area contributed by atoms with Crippen molar-refractivity contribution >= 4 is 11.9 Å². The number of benzene rings is 1. The van der Waals surface area contributed by atoms with Gasteiger partial charge in [0.1, 0.15) is 0 Å². The van der Waals surface area contributed by atoms with Gasteiger partial charge in [-0.15, -0.1) is 0 Å². The van der Waals surface area contributed by atoms with Crippen molar-refractivity contribution in [1.82, 2.24) is 4.90 Å². The van der Waals surface area contributed by atoms with E-state index < -0.39 is 5.97 Å². The Balaban J connectivity index is 1.94. The maximum Gasteiger partial charge on any atom is 0.303 e. The van der Waals surface area contributed by atoms with Gasteiger partial charge in [-0.05, 0) is 49.8 Å². The number of carboxylic acids is 1. The summed E-state index contributed by atoms with van der Waals surface area (Å²) in [5.41, 5.74) is 1.02. The number of hydrogen-bond acceptors (Lipinski definition) is 4. The van der Waals surface area contributed by atoms with E-state index in [0.717, 1.165) is 31.4 Å². The first-order valence-electron chi connectivity index (χ1n) is 8.77. The largest absolute Gasteiger partial charge is 0.493 e. The molecule has 0 bridgehead atoms. The Kier molecular flexibility index (Phi) is 7.10. The van der Waals surface area contributed by atoms with E-state index in [-0.39, 0.29) is 18.4 Å². The number of ether oxygens (including phenoxy) is 2. The Labute approximate surface area is 148 Å². The van der Waals surface area contributed by atoms with Crippen LogP contribution >= 0.6 is 0 Å². The third kappa shape index (κ3) is 5.37. The summed E-state index contributed by atoms with van der Waals surface area (Å²) in [6.45, 7) is 0.731. The summed E-state index contributed by atoms with van der Waals surface area (Å²) in [6, 6.07) is 5.73. The summed E-state index contributed by atoms with van der Waals surface area (Å²) in [5.74, 6) is 0.625. The zero-order valence-electron chi connectivity index (χ0n) is 15.0. The van der Waals surface area contributed by atoms with Crippen molar-refractivity contribution in [1.29, 1.82) is 0 Å². The van der Waals surface area contributed by atoms with Crippen molar-refractivity contribution in [3.63, 3.8) is 0 Å². The number of hydrogen-bond donors (Lipinski definition) is 1. The summed E-state index contributed by atoms with van der Waals surface area (Å²) >= 11 is 0. The van der Waals surface area contributed by atoms with Crippen LogP contribution in [0.3, 0.4) is 0 Å². The normalized spacial score (nSPS) is 17.2. The Morgan fingerprint density at radius 3 is 2.60 bits per heavy atom. The quantitative estimate of drug-likeness (QED) is 0.781. The molecule has 1 atom stereocenters. The molecule has 0 saturated carbocycles. The van der Waals surface area contributed by atoms with Gasteiger partial charge in [-0.3, -0.25) is 9.59 Å². The number of carbonyl (C=O) groups excluding carboxylic acids is 1. The molecule has 6 heteroatoms. The summed E-state index contributed by atoms with van der Waals surface area (Å²) in [7, 11) is 3.18. The third-order valence-electron chi connectivity index (χ3n) is 4.71. The number of rotatable bonds is 8. The van der Waals surface area contributed by atoms with Crippen LogP contribution in [0.1, 0.15) is 44.1 Å². The van der Waals surface area contributed by atoms with Crippen LogP contribution in [0.2, 0.25) is 0 Å². The second-order valence-corrected chi connectivity index (χ2v) is 6.36. The molecule has 1 aliphatic heterocycles. The number of amides is 1. The van der Waals surface area contributed by atoms with E-state index in [4.69, 9.17) is 14.6 Å². The highest BCUT2D eigenvalue weighted by atomic mass is 16.5. The average Bonchev–Trinajstić information content (AvgIpc) is 2.64. The number of nitrogens with zero attached hydrogens (tertiary/aromatic N) is 1. The minimum absolute atomic E-state index is 0.0581. The molecule has 138 valence electrons. The number of carboxylic acid groups (broad SMARTS) is 1. The van der Waals surface area contributed by atoms with Gasteiger partial charge in [-0.1, -0.05) is 6.07 Å². The zero-order chi connectivity index (χ0) is 18.2. The van der Waals surface area contributed by atoms with Crippen molar-refractivity contribution < 1.29 is 24.2 Å². The first-order valence-corrected chi connectivity index (χ1v) is 8.77. The van der Waals surface area contributed by atoms with Crippen LogP contribution in [-0.2, 0) is 16.0 Å². The molecule has 25 heavy (non-hydrogen) atoms. The van der Waals surface area contributed by atoms with E-state index >= 15 is 0 Å². The highest BCUT2D eigenvalue weighted by molar-refractivity contribution is 5.77. The molecule has 0 spiro atoms. The molecule has 1 aliphatic rings. The van der Waals surface area contributed by atoms with Gasteiger partial charge in [-0.25, -0.2) is 0 Å². The lowest BCUT2D eigenvalue weighted by Gasteiger charge is -2.35. The SMILES string of the molecule is COc1ccc(CCC(=O)N2CCCCC2CCC(=O)O)cc1OC. The molecular formula is C19H27NO5. The molecule has 0 aromatic heterocycles. The predicted octanol–water partition coefficient (Wildman–Crippen LogP) is 2.88. The van der Waals surface area contributed by atoms with Gasteiger partial charge in [0.15, 0.2) is 11.5 Å². The predicted molar refractivity (Wildman–Crippen MR) is 94.1 cm³/mol. The van der Waals surface area contributed by atoms with Crippen LogP contribution in [0.25, 0.3) is 0 Å². The van der Waals surface area contributed by atoms with Crippen molar-refractivity contribution in [2.75, 3.05) is 20.8 Å². The van der Waals surface area contributed by atoms with Crippen molar-refractivity contribution in [3.8, 4) is 11.5 Å². The van der Waals surface area contributed by atoms with Gasteiger partial charge in [0.2, 0.25) is 5.91 Å². The minimum Gasteiger partial charge on any atom is -0.493 e. The van der Waals surface area contributed by atoms with Crippen LogP contribution < -0.4 is 9.47 Å². The summed E-state index contributed by atoms with van der Waals surface area (Å²) in [4.78, 5) is 25.3. The molecule has 1 unspecified atom stereocenters. The molecule has 2 rings (SSSR count). The second kappa shape index (κ2) is 9.30. The molecule has 1 N–H and O–H groups in total. The highest BCUT2D eigenvalue weighted by Crippen LogP contribution is 2.28. The number of carbonyl (C=O) groups is 2. The topological polar surface area (TPSA) is 76.1 Å². The van der Waals surface area contributed by atoms with Gasteiger partial charge in [0.05, 0.1) is 14.2 Å². The van der Waals surface area contributed by atoms with Crippen LogP contribution in [0.5, 0.6) is 11.5 Å². The van der Waals surface area contributed by atoms with Crippen molar-refractivity contribution in [3.05, 3.63) is 23.8 Å². The monoisotopic (exact) mass is 349 g/mol. The molecule has 0 aliphatic carbocycles. The Morgan fingerprint density at radius 2 is 1.92 bits per heavy atom. The Bertz CT molecular complexity index is 601. The van der Waals surface area contributed by atoms with E-state index in [9.17, 15) is 9.59 Å². The number of piperidine rings is 1. The lowest BCUT2D eigenvalue weighted by Crippen LogP contribution is -2.44. The number of aliphatic carboxylic acids is 1. The van der Waals surface area contributed by atoms with Crippen LogP contribution in [0, 0.1) is 0 Å². The minimum atomic E-state index is -0.802. The lowest BCUT2D eigenvalue weighted by molar-refractivity contribution is -0.140. The van der Waals surface area contributed by atoms with Crippen LogP contribution in [0.4, 0.5) is 0 Å². The van der Waals surface area contributed by atoms with E-state index in [1.807, 2.05) is 23.1 Å². The van der Waals surface area contributed by atoms with Gasteiger partial charge < -0.3 is 19.5 Å². The zero-order valence-corrected chi connectivity index (χ0v) is 15.0. The second-order valence-electron chi connectivity index (χ2n) is 6.36. The summed E-state index contributed by atoms with van der Waals surface area (Å²) < 4.78 is 10.5. The highest BCUT2D eigenvalue weighted by Gasteiger charge is 2.26. The van der Waals surface area contributed by atoms with Crippen LogP contribution in [0.15, 0.2) is 18.2 Å². The first-order chi connectivity index (χ1) is 12.0. The number of methoxy groups -OCH3 is 2. The van der Waals surface area contributed by atoms with Gasteiger partial charge in [0, 0.05) is 25.4 Å². The van der Waals surface area contributed by atoms with Gasteiger partial charge in [-0.2, -0.15) is 0 Å². The summed E-state index contributed by atoms with van der Waals surface area (Å²) in [5, 5.41) is 8.89. The fraction of sp³-hybridized carbons (Fsp3) is 0.579. The number of aryl methyl sites for hydroxylation is 1. The Morgan fingerprint density at radius 1 is 1.16 bits per heavy atom. The lowest BCUT2D eigenvalue weighted by atomic mass is 9.97. The number of likely N-dealkylation sites (tertiary alicyclic amines) is 1. The molecule has 1 aromatic carbocycles. The van der Waals surface area contributed by atoms with E-state index in [2.05, 4.69) is 0 Å². The maximum atomic E-state index is 12.6. The molecule has 0 radical (unpaired) electrons. The molecule has 1 aromatic rings. The Hall–Kier alpha value is -2.24. The van der Waals surface area contributed by atoms with Crippen LogP contribution in [-0.4, -0.2) is 48.7 Å². The smallest absolute Gasteiger partial charge is 0.303 e. The average molecular weight is 349 g/mol.